The molecule has 0 saturated heterocycles. The largest absolute Gasteiger partial charge is 0.416 e. The van der Waals surface area contributed by atoms with Crippen molar-refractivity contribution in [3.63, 3.8) is 0 Å². The Hall–Kier alpha value is -1.76. The van der Waals surface area contributed by atoms with Crippen LogP contribution in [0.4, 0.5) is 23.7 Å². The third-order valence-electron chi connectivity index (χ3n) is 3.92. The van der Waals surface area contributed by atoms with Crippen LogP contribution in [0, 0.1) is 5.92 Å². The summed E-state index contributed by atoms with van der Waals surface area (Å²) in [6.07, 6.45) is -2.35. The molecule has 1 fully saturated rings. The molecule has 22 heavy (non-hydrogen) atoms. The van der Waals surface area contributed by atoms with Crippen molar-refractivity contribution >= 4 is 11.7 Å². The second kappa shape index (κ2) is 6.56. The van der Waals surface area contributed by atoms with Crippen LogP contribution in [0.25, 0.3) is 0 Å². The minimum atomic E-state index is -4.44. The molecule has 2 atom stereocenters. The van der Waals surface area contributed by atoms with Gasteiger partial charge in [-0.05, 0) is 31.0 Å². The first-order chi connectivity index (χ1) is 10.3. The van der Waals surface area contributed by atoms with Crippen molar-refractivity contribution < 1.29 is 23.1 Å². The highest BCUT2D eigenvalue weighted by Crippen LogP contribution is 2.31. The fraction of sp³-hybridized carbons (Fsp3) is 0.533. The number of hydrogen-bond donors (Lipinski definition) is 2. The molecule has 2 N–H and O–H groups in total. The summed E-state index contributed by atoms with van der Waals surface area (Å²) in [7, 11) is 1.56. The van der Waals surface area contributed by atoms with Crippen molar-refractivity contribution in [1.82, 2.24) is 4.90 Å². The third kappa shape index (κ3) is 4.13. The number of benzene rings is 1. The van der Waals surface area contributed by atoms with Gasteiger partial charge in [0, 0.05) is 25.2 Å². The molecule has 1 aliphatic rings. The molecule has 1 aromatic rings. The summed E-state index contributed by atoms with van der Waals surface area (Å²) >= 11 is 0. The molecule has 1 saturated carbocycles. The monoisotopic (exact) mass is 316 g/mol. The quantitative estimate of drug-likeness (QED) is 0.899. The molecule has 0 radical (unpaired) electrons. The summed E-state index contributed by atoms with van der Waals surface area (Å²) in [6.45, 7) is 0.381. The van der Waals surface area contributed by atoms with Gasteiger partial charge in [-0.15, -0.1) is 0 Å². The van der Waals surface area contributed by atoms with Crippen LogP contribution in [0.2, 0.25) is 0 Å². The second-order valence-electron chi connectivity index (χ2n) is 5.65. The molecule has 0 spiro atoms. The van der Waals surface area contributed by atoms with Crippen molar-refractivity contribution in [3.8, 4) is 0 Å². The van der Waals surface area contributed by atoms with Crippen LogP contribution in [0.1, 0.15) is 24.8 Å². The first-order valence-corrected chi connectivity index (χ1v) is 7.15. The van der Waals surface area contributed by atoms with Crippen molar-refractivity contribution in [3.05, 3.63) is 29.8 Å². The lowest BCUT2D eigenvalue weighted by Gasteiger charge is -2.23. The SMILES string of the molecule is CN(CC1CCCC1O)C(=O)Nc1cccc(C(F)(F)F)c1. The van der Waals surface area contributed by atoms with E-state index in [2.05, 4.69) is 5.32 Å². The Balaban J connectivity index is 1.96. The summed E-state index contributed by atoms with van der Waals surface area (Å²) in [6, 6.07) is 4.02. The normalized spacial score (nSPS) is 21.7. The fourth-order valence-electron chi connectivity index (χ4n) is 2.66. The van der Waals surface area contributed by atoms with Crippen LogP contribution < -0.4 is 5.32 Å². The zero-order chi connectivity index (χ0) is 16.3. The third-order valence-corrected chi connectivity index (χ3v) is 3.92. The van der Waals surface area contributed by atoms with E-state index in [1.165, 1.54) is 17.0 Å². The molecule has 122 valence electrons. The lowest BCUT2D eigenvalue weighted by molar-refractivity contribution is -0.137. The molecule has 0 aromatic heterocycles. The molecule has 0 heterocycles. The predicted molar refractivity (Wildman–Crippen MR) is 76.4 cm³/mol. The summed E-state index contributed by atoms with van der Waals surface area (Å²) < 4.78 is 37.9. The number of anilines is 1. The van der Waals surface area contributed by atoms with Crippen LogP contribution in [0.3, 0.4) is 0 Å². The minimum Gasteiger partial charge on any atom is -0.393 e. The van der Waals surface area contributed by atoms with E-state index in [0.717, 1.165) is 31.4 Å². The summed E-state index contributed by atoms with van der Waals surface area (Å²) in [5, 5.41) is 12.2. The molecule has 0 aliphatic heterocycles. The molecule has 1 aromatic carbocycles. The Morgan fingerprint density at radius 1 is 1.41 bits per heavy atom. The zero-order valence-corrected chi connectivity index (χ0v) is 12.2. The molecule has 4 nitrogen and oxygen atoms in total. The number of hydrogen-bond acceptors (Lipinski definition) is 2. The Bertz CT molecular complexity index is 534. The van der Waals surface area contributed by atoms with E-state index in [-0.39, 0.29) is 11.6 Å². The van der Waals surface area contributed by atoms with E-state index < -0.39 is 23.9 Å². The number of carbonyl (C=O) groups excluding carboxylic acids is 1. The van der Waals surface area contributed by atoms with E-state index >= 15 is 0 Å². The highest BCUT2D eigenvalue weighted by Gasteiger charge is 2.31. The van der Waals surface area contributed by atoms with Gasteiger partial charge in [-0.2, -0.15) is 13.2 Å². The highest BCUT2D eigenvalue weighted by atomic mass is 19.4. The van der Waals surface area contributed by atoms with Gasteiger partial charge in [0.15, 0.2) is 0 Å². The number of aliphatic hydroxyl groups is 1. The van der Waals surface area contributed by atoms with Gasteiger partial charge in [-0.3, -0.25) is 0 Å². The highest BCUT2D eigenvalue weighted by molar-refractivity contribution is 5.89. The van der Waals surface area contributed by atoms with Gasteiger partial charge < -0.3 is 15.3 Å². The van der Waals surface area contributed by atoms with Crippen LogP contribution in [0.15, 0.2) is 24.3 Å². The number of halogens is 3. The number of aliphatic hydroxyl groups excluding tert-OH is 1. The topological polar surface area (TPSA) is 52.6 Å². The van der Waals surface area contributed by atoms with E-state index in [1.54, 1.807) is 7.05 Å². The Labute approximate surface area is 126 Å². The summed E-state index contributed by atoms with van der Waals surface area (Å²) in [5.74, 6) is 0.0252. The maximum Gasteiger partial charge on any atom is 0.416 e. The predicted octanol–water partition coefficient (Wildman–Crippen LogP) is 3.33. The molecule has 1 aliphatic carbocycles. The minimum absolute atomic E-state index is 0.0252. The van der Waals surface area contributed by atoms with Gasteiger partial charge in [0.05, 0.1) is 11.7 Å². The molecule has 7 heteroatoms. The zero-order valence-electron chi connectivity index (χ0n) is 12.2. The van der Waals surface area contributed by atoms with Crippen LogP contribution >= 0.6 is 0 Å². The lowest BCUT2D eigenvalue weighted by atomic mass is 10.1. The van der Waals surface area contributed by atoms with Gasteiger partial charge in [0.1, 0.15) is 0 Å². The first-order valence-electron chi connectivity index (χ1n) is 7.15. The average molecular weight is 316 g/mol. The summed E-state index contributed by atoms with van der Waals surface area (Å²) in [4.78, 5) is 13.4. The van der Waals surface area contributed by atoms with Crippen molar-refractivity contribution in [2.45, 2.75) is 31.5 Å². The van der Waals surface area contributed by atoms with E-state index in [9.17, 15) is 23.1 Å². The van der Waals surface area contributed by atoms with Gasteiger partial charge in [0.25, 0.3) is 0 Å². The van der Waals surface area contributed by atoms with Crippen LogP contribution in [-0.4, -0.2) is 35.7 Å². The van der Waals surface area contributed by atoms with Crippen molar-refractivity contribution in [2.24, 2.45) is 5.92 Å². The van der Waals surface area contributed by atoms with E-state index in [4.69, 9.17) is 0 Å². The standard InChI is InChI=1S/C15H19F3N2O2/c1-20(9-10-4-2-7-13(10)21)14(22)19-12-6-3-5-11(8-12)15(16,17)18/h3,5-6,8,10,13,21H,2,4,7,9H2,1H3,(H,19,22). The average Bonchev–Trinajstić information content (AvgIpc) is 2.83. The molecular weight excluding hydrogens is 297 g/mol. The molecule has 2 amide bonds. The maximum atomic E-state index is 12.6. The number of amides is 2. The Morgan fingerprint density at radius 2 is 2.14 bits per heavy atom. The first kappa shape index (κ1) is 16.6. The van der Waals surface area contributed by atoms with Crippen molar-refractivity contribution in [1.29, 1.82) is 0 Å². The summed E-state index contributed by atoms with van der Waals surface area (Å²) in [5.41, 5.74) is -0.710. The van der Waals surface area contributed by atoms with Gasteiger partial charge in [-0.1, -0.05) is 12.5 Å². The number of urea groups is 1. The van der Waals surface area contributed by atoms with E-state index in [0.29, 0.717) is 6.54 Å². The smallest absolute Gasteiger partial charge is 0.393 e. The van der Waals surface area contributed by atoms with Crippen LogP contribution in [-0.2, 0) is 6.18 Å². The maximum absolute atomic E-state index is 12.6. The number of carbonyl (C=O) groups is 1. The number of nitrogens with zero attached hydrogens (tertiary/aromatic N) is 1. The molecule has 0 bridgehead atoms. The Kier molecular flexibility index (Phi) is 4.95. The molecule has 2 unspecified atom stereocenters. The van der Waals surface area contributed by atoms with Gasteiger partial charge in [-0.25, -0.2) is 4.79 Å². The van der Waals surface area contributed by atoms with Gasteiger partial charge in [0.2, 0.25) is 0 Å². The van der Waals surface area contributed by atoms with Crippen molar-refractivity contribution in [2.75, 3.05) is 18.9 Å². The molecule has 2 rings (SSSR count). The number of alkyl halides is 3. The fourth-order valence-corrected chi connectivity index (χ4v) is 2.66. The van der Waals surface area contributed by atoms with E-state index in [1.807, 2.05) is 0 Å². The van der Waals surface area contributed by atoms with Crippen LogP contribution in [0.5, 0.6) is 0 Å². The second-order valence-corrected chi connectivity index (χ2v) is 5.65. The number of rotatable bonds is 3. The van der Waals surface area contributed by atoms with Gasteiger partial charge >= 0.3 is 12.2 Å². The lowest BCUT2D eigenvalue weighted by Crippen LogP contribution is -2.37. The number of nitrogens with one attached hydrogen (secondary N) is 1. The Morgan fingerprint density at radius 3 is 2.73 bits per heavy atom. The molecular formula is C15H19F3N2O2.